The Morgan fingerprint density at radius 3 is 1.93 bits per heavy atom. The maximum atomic E-state index is 9.41. The summed E-state index contributed by atoms with van der Waals surface area (Å²) in [7, 11) is 0. The molecule has 0 aliphatic rings. The third-order valence-electron chi connectivity index (χ3n) is 4.95. The van der Waals surface area contributed by atoms with Crippen LogP contribution in [0.25, 0.3) is 0 Å². The number of ether oxygens (including phenoxy) is 1. The molecule has 0 atom stereocenters. The minimum Gasteiger partial charge on any atom is -0.508 e. The van der Waals surface area contributed by atoms with Crippen molar-refractivity contribution in [3.8, 4) is 11.5 Å². The fourth-order valence-corrected chi connectivity index (χ4v) is 3.47. The van der Waals surface area contributed by atoms with Crippen LogP contribution in [-0.2, 0) is 12.8 Å². The number of hydrogen-bond donors (Lipinski definition) is 1. The molecule has 0 unspecified atom stereocenters. The van der Waals surface area contributed by atoms with Gasteiger partial charge in [0, 0.05) is 6.42 Å². The van der Waals surface area contributed by atoms with E-state index in [1.54, 1.807) is 12.1 Å². The van der Waals surface area contributed by atoms with Gasteiger partial charge < -0.3 is 9.84 Å². The SMILES string of the molecule is CCCCCCCCCc1ccc(OC(C)(C)Cc2ccc(O)cc2)cc1. The molecule has 2 rings (SSSR count). The van der Waals surface area contributed by atoms with Crippen LogP contribution in [0.5, 0.6) is 11.5 Å². The number of benzene rings is 2. The number of hydrogen-bond acceptors (Lipinski definition) is 2. The highest BCUT2D eigenvalue weighted by atomic mass is 16.5. The third kappa shape index (κ3) is 8.51. The molecule has 0 aliphatic carbocycles. The van der Waals surface area contributed by atoms with Crippen LogP contribution < -0.4 is 4.74 Å². The van der Waals surface area contributed by atoms with Crippen LogP contribution in [0.1, 0.15) is 76.8 Å². The van der Waals surface area contributed by atoms with Crippen molar-refractivity contribution < 1.29 is 9.84 Å². The van der Waals surface area contributed by atoms with E-state index in [0.717, 1.165) is 24.2 Å². The molecule has 27 heavy (non-hydrogen) atoms. The van der Waals surface area contributed by atoms with Gasteiger partial charge in [0.25, 0.3) is 0 Å². The number of unbranched alkanes of at least 4 members (excludes halogenated alkanes) is 6. The zero-order chi connectivity index (χ0) is 19.5. The molecule has 2 aromatic carbocycles. The van der Waals surface area contributed by atoms with Crippen molar-refractivity contribution in [2.45, 2.75) is 84.2 Å². The first-order chi connectivity index (χ1) is 13.0. The third-order valence-corrected chi connectivity index (χ3v) is 4.95. The second-order valence-electron chi connectivity index (χ2n) is 8.22. The van der Waals surface area contributed by atoms with Crippen LogP contribution in [0.4, 0.5) is 0 Å². The quantitative estimate of drug-likeness (QED) is 0.405. The molecule has 2 heteroatoms. The topological polar surface area (TPSA) is 29.5 Å². The first-order valence-corrected chi connectivity index (χ1v) is 10.5. The lowest BCUT2D eigenvalue weighted by Gasteiger charge is -2.27. The Labute approximate surface area is 165 Å². The van der Waals surface area contributed by atoms with Gasteiger partial charge in [0.2, 0.25) is 0 Å². The second-order valence-corrected chi connectivity index (χ2v) is 8.22. The summed E-state index contributed by atoms with van der Waals surface area (Å²) in [5.74, 6) is 1.22. The monoisotopic (exact) mass is 368 g/mol. The Morgan fingerprint density at radius 2 is 1.30 bits per heavy atom. The Hall–Kier alpha value is -1.96. The van der Waals surface area contributed by atoms with E-state index in [0.29, 0.717) is 5.75 Å². The van der Waals surface area contributed by atoms with Crippen LogP contribution >= 0.6 is 0 Å². The molecule has 0 saturated carbocycles. The molecule has 2 aromatic rings. The fraction of sp³-hybridized carbons (Fsp3) is 0.520. The molecule has 0 fully saturated rings. The van der Waals surface area contributed by atoms with Gasteiger partial charge in [0.15, 0.2) is 0 Å². The minimum absolute atomic E-state index is 0.295. The predicted octanol–water partition coefficient (Wildman–Crippen LogP) is 7.09. The molecule has 0 saturated heterocycles. The Morgan fingerprint density at radius 1 is 0.741 bits per heavy atom. The lowest BCUT2D eigenvalue weighted by atomic mass is 9.98. The molecule has 0 aromatic heterocycles. The molecule has 0 heterocycles. The molecule has 1 N–H and O–H groups in total. The maximum absolute atomic E-state index is 9.41. The lowest BCUT2D eigenvalue weighted by molar-refractivity contribution is 0.110. The summed E-state index contributed by atoms with van der Waals surface area (Å²) in [6.07, 6.45) is 11.4. The van der Waals surface area contributed by atoms with E-state index in [1.807, 2.05) is 12.1 Å². The molecule has 0 amide bonds. The van der Waals surface area contributed by atoms with Crippen LogP contribution in [0.2, 0.25) is 0 Å². The standard InChI is InChI=1S/C25H36O2/c1-4-5-6-7-8-9-10-11-21-14-18-24(19-15-21)27-25(2,3)20-22-12-16-23(26)17-13-22/h12-19,26H,4-11,20H2,1-3H3. The van der Waals surface area contributed by atoms with E-state index >= 15 is 0 Å². The minimum atomic E-state index is -0.295. The van der Waals surface area contributed by atoms with Crippen LogP contribution in [0.15, 0.2) is 48.5 Å². The summed E-state index contributed by atoms with van der Waals surface area (Å²) >= 11 is 0. The van der Waals surface area contributed by atoms with Gasteiger partial charge in [0.1, 0.15) is 17.1 Å². The number of rotatable bonds is 12. The summed E-state index contributed by atoms with van der Waals surface area (Å²) in [4.78, 5) is 0. The van der Waals surface area contributed by atoms with Crippen molar-refractivity contribution in [3.63, 3.8) is 0 Å². The van der Waals surface area contributed by atoms with Gasteiger partial charge in [-0.25, -0.2) is 0 Å². The van der Waals surface area contributed by atoms with Gasteiger partial charge >= 0.3 is 0 Å². The summed E-state index contributed by atoms with van der Waals surface area (Å²) in [5, 5.41) is 9.41. The van der Waals surface area contributed by atoms with E-state index in [4.69, 9.17) is 4.74 Å². The van der Waals surface area contributed by atoms with Crippen molar-refractivity contribution in [1.29, 1.82) is 0 Å². The second kappa shape index (κ2) is 11.0. The summed E-state index contributed by atoms with van der Waals surface area (Å²) in [5.41, 5.74) is 2.26. The molecule has 0 bridgehead atoms. The van der Waals surface area contributed by atoms with E-state index < -0.39 is 0 Å². The van der Waals surface area contributed by atoms with Crippen molar-refractivity contribution in [2.24, 2.45) is 0 Å². The average Bonchev–Trinajstić information content (AvgIpc) is 2.64. The molecule has 2 nitrogen and oxygen atoms in total. The number of aryl methyl sites for hydroxylation is 1. The van der Waals surface area contributed by atoms with Gasteiger partial charge in [-0.15, -0.1) is 0 Å². The Kier molecular flexibility index (Phi) is 8.71. The summed E-state index contributed by atoms with van der Waals surface area (Å²) < 4.78 is 6.21. The Balaban J connectivity index is 1.74. The van der Waals surface area contributed by atoms with Crippen LogP contribution in [-0.4, -0.2) is 10.7 Å². The van der Waals surface area contributed by atoms with Crippen LogP contribution in [0, 0.1) is 0 Å². The van der Waals surface area contributed by atoms with Crippen molar-refractivity contribution in [3.05, 3.63) is 59.7 Å². The van der Waals surface area contributed by atoms with Gasteiger partial charge in [-0.05, 0) is 62.1 Å². The highest BCUT2D eigenvalue weighted by Gasteiger charge is 2.20. The molecular formula is C25H36O2. The zero-order valence-corrected chi connectivity index (χ0v) is 17.3. The van der Waals surface area contributed by atoms with Crippen molar-refractivity contribution >= 4 is 0 Å². The summed E-state index contributed by atoms with van der Waals surface area (Å²) in [6.45, 7) is 6.47. The van der Waals surface area contributed by atoms with E-state index in [9.17, 15) is 5.11 Å². The molecular weight excluding hydrogens is 332 g/mol. The van der Waals surface area contributed by atoms with Crippen molar-refractivity contribution in [1.82, 2.24) is 0 Å². The number of phenols is 1. The van der Waals surface area contributed by atoms with Gasteiger partial charge in [-0.2, -0.15) is 0 Å². The van der Waals surface area contributed by atoms with Gasteiger partial charge in [-0.3, -0.25) is 0 Å². The van der Waals surface area contributed by atoms with Crippen LogP contribution in [0.3, 0.4) is 0 Å². The van der Waals surface area contributed by atoms with E-state index in [1.165, 1.54) is 50.5 Å². The van der Waals surface area contributed by atoms with Crippen molar-refractivity contribution in [2.75, 3.05) is 0 Å². The first kappa shape index (κ1) is 21.3. The van der Waals surface area contributed by atoms with E-state index in [2.05, 4.69) is 45.0 Å². The number of aromatic hydroxyl groups is 1. The van der Waals surface area contributed by atoms with Gasteiger partial charge in [0.05, 0.1) is 0 Å². The molecule has 0 aliphatic heterocycles. The average molecular weight is 369 g/mol. The molecule has 0 radical (unpaired) electrons. The maximum Gasteiger partial charge on any atom is 0.120 e. The lowest BCUT2D eigenvalue weighted by Crippen LogP contribution is -2.30. The van der Waals surface area contributed by atoms with Gasteiger partial charge in [-0.1, -0.05) is 69.7 Å². The highest BCUT2D eigenvalue weighted by Crippen LogP contribution is 2.24. The fourth-order valence-electron chi connectivity index (χ4n) is 3.47. The normalized spacial score (nSPS) is 11.5. The smallest absolute Gasteiger partial charge is 0.120 e. The number of phenolic OH excluding ortho intramolecular Hbond substituents is 1. The highest BCUT2D eigenvalue weighted by molar-refractivity contribution is 5.29. The Bertz CT molecular complexity index is 641. The first-order valence-electron chi connectivity index (χ1n) is 10.5. The predicted molar refractivity (Wildman–Crippen MR) is 115 cm³/mol. The zero-order valence-electron chi connectivity index (χ0n) is 17.3. The molecule has 148 valence electrons. The summed E-state index contributed by atoms with van der Waals surface area (Å²) in [6, 6.07) is 15.9. The largest absolute Gasteiger partial charge is 0.508 e. The molecule has 0 spiro atoms. The van der Waals surface area contributed by atoms with E-state index in [-0.39, 0.29) is 5.60 Å².